The van der Waals surface area contributed by atoms with Crippen LogP contribution < -0.4 is 10.2 Å². The first-order chi connectivity index (χ1) is 12.8. The van der Waals surface area contributed by atoms with Gasteiger partial charge in [0.25, 0.3) is 5.91 Å². The molecular weight excluding hydrogens is 324 g/mol. The van der Waals surface area contributed by atoms with Crippen molar-refractivity contribution in [1.82, 2.24) is 9.97 Å². The lowest BCUT2D eigenvalue weighted by Gasteiger charge is -2.22. The number of aromatic nitrogens is 2. The summed E-state index contributed by atoms with van der Waals surface area (Å²) in [6.07, 6.45) is 6.65. The van der Waals surface area contributed by atoms with Gasteiger partial charge in [-0.05, 0) is 49.2 Å². The predicted octanol–water partition coefficient (Wildman–Crippen LogP) is 4.26. The van der Waals surface area contributed by atoms with E-state index in [1.165, 1.54) is 37.6 Å². The molecule has 0 saturated carbocycles. The van der Waals surface area contributed by atoms with Gasteiger partial charge in [-0.2, -0.15) is 0 Å². The molecule has 0 unspecified atom stereocenters. The van der Waals surface area contributed by atoms with Gasteiger partial charge in [0.15, 0.2) is 0 Å². The van der Waals surface area contributed by atoms with Crippen molar-refractivity contribution in [2.24, 2.45) is 0 Å². The molecule has 5 nitrogen and oxygen atoms in total. The summed E-state index contributed by atoms with van der Waals surface area (Å²) in [5.41, 5.74) is 3.81. The highest BCUT2D eigenvalue weighted by Crippen LogP contribution is 2.22. The number of carbonyl (C=O) groups excluding carboxylic acids is 1. The average Bonchev–Trinajstić information content (AvgIpc) is 2.98. The number of fused-ring (bicyclic) bond motifs is 1. The average molecular weight is 346 g/mol. The van der Waals surface area contributed by atoms with E-state index < -0.39 is 0 Å². The summed E-state index contributed by atoms with van der Waals surface area (Å²) in [7, 11) is 0. The number of anilines is 2. The van der Waals surface area contributed by atoms with Crippen molar-refractivity contribution >= 4 is 28.3 Å². The van der Waals surface area contributed by atoms with Gasteiger partial charge in [0.1, 0.15) is 5.69 Å². The minimum Gasteiger partial charge on any atom is -0.372 e. The van der Waals surface area contributed by atoms with Crippen molar-refractivity contribution in [3.63, 3.8) is 0 Å². The SMILES string of the molecule is O=C(Nc1ccc(N2CCCCCC2)cc1)c1cnc2ccccc2n1. The lowest BCUT2D eigenvalue weighted by Crippen LogP contribution is -2.23. The second kappa shape index (κ2) is 7.52. The van der Waals surface area contributed by atoms with Crippen LogP contribution in [0.15, 0.2) is 54.7 Å². The number of nitrogens with zero attached hydrogens (tertiary/aromatic N) is 3. The Labute approximate surface area is 153 Å². The molecule has 3 aromatic rings. The molecule has 132 valence electrons. The van der Waals surface area contributed by atoms with Crippen LogP contribution in [-0.4, -0.2) is 29.0 Å². The standard InChI is InChI=1S/C21H22N4O/c26-21(20-15-22-18-7-3-4-8-19(18)24-20)23-16-9-11-17(12-10-16)25-13-5-1-2-6-14-25/h3-4,7-12,15H,1-2,5-6,13-14H2,(H,23,26). The number of para-hydroxylation sites is 2. The molecule has 1 N–H and O–H groups in total. The minimum absolute atomic E-state index is 0.245. The highest BCUT2D eigenvalue weighted by molar-refractivity contribution is 6.03. The maximum atomic E-state index is 12.5. The monoisotopic (exact) mass is 346 g/mol. The quantitative estimate of drug-likeness (QED) is 0.770. The highest BCUT2D eigenvalue weighted by atomic mass is 16.1. The third-order valence-corrected chi connectivity index (χ3v) is 4.78. The Kier molecular flexibility index (Phi) is 4.78. The summed E-state index contributed by atoms with van der Waals surface area (Å²) in [6, 6.07) is 15.6. The molecule has 4 rings (SSSR count). The fourth-order valence-corrected chi connectivity index (χ4v) is 3.35. The Morgan fingerprint density at radius 3 is 2.31 bits per heavy atom. The van der Waals surface area contributed by atoms with Crippen LogP contribution in [-0.2, 0) is 0 Å². The van der Waals surface area contributed by atoms with Crippen molar-refractivity contribution in [2.45, 2.75) is 25.7 Å². The molecular formula is C21H22N4O. The van der Waals surface area contributed by atoms with E-state index in [0.717, 1.165) is 29.8 Å². The second-order valence-electron chi connectivity index (χ2n) is 6.65. The summed E-state index contributed by atoms with van der Waals surface area (Å²) in [4.78, 5) is 23.6. The summed E-state index contributed by atoms with van der Waals surface area (Å²) >= 11 is 0. The summed E-state index contributed by atoms with van der Waals surface area (Å²) in [6.45, 7) is 2.22. The number of hydrogen-bond donors (Lipinski definition) is 1. The van der Waals surface area contributed by atoms with E-state index in [0.29, 0.717) is 5.69 Å². The first-order valence-corrected chi connectivity index (χ1v) is 9.18. The van der Waals surface area contributed by atoms with Crippen LogP contribution in [0.5, 0.6) is 0 Å². The Morgan fingerprint density at radius 1 is 0.885 bits per heavy atom. The molecule has 0 spiro atoms. The number of nitrogens with one attached hydrogen (secondary N) is 1. The van der Waals surface area contributed by atoms with Gasteiger partial charge in [-0.3, -0.25) is 9.78 Å². The van der Waals surface area contributed by atoms with Crippen LogP contribution in [0.3, 0.4) is 0 Å². The first kappa shape index (κ1) is 16.5. The van der Waals surface area contributed by atoms with Gasteiger partial charge in [0.05, 0.1) is 17.2 Å². The molecule has 5 heteroatoms. The van der Waals surface area contributed by atoms with E-state index in [4.69, 9.17) is 0 Å². The molecule has 26 heavy (non-hydrogen) atoms. The largest absolute Gasteiger partial charge is 0.372 e. The maximum absolute atomic E-state index is 12.5. The van der Waals surface area contributed by atoms with Crippen LogP contribution in [0.25, 0.3) is 11.0 Å². The van der Waals surface area contributed by atoms with E-state index in [1.54, 1.807) is 0 Å². The van der Waals surface area contributed by atoms with Crippen LogP contribution >= 0.6 is 0 Å². The van der Waals surface area contributed by atoms with Crippen molar-refractivity contribution in [2.75, 3.05) is 23.3 Å². The second-order valence-corrected chi connectivity index (χ2v) is 6.65. The molecule has 0 radical (unpaired) electrons. The van der Waals surface area contributed by atoms with Gasteiger partial charge < -0.3 is 10.2 Å². The van der Waals surface area contributed by atoms with E-state index in [2.05, 4.69) is 32.3 Å². The zero-order valence-corrected chi connectivity index (χ0v) is 14.7. The van der Waals surface area contributed by atoms with Crippen molar-refractivity contribution in [3.05, 3.63) is 60.4 Å². The zero-order chi connectivity index (χ0) is 17.8. The number of rotatable bonds is 3. The molecule has 1 saturated heterocycles. The van der Waals surface area contributed by atoms with Gasteiger partial charge in [0, 0.05) is 24.5 Å². The fraction of sp³-hybridized carbons (Fsp3) is 0.286. The van der Waals surface area contributed by atoms with E-state index in [9.17, 15) is 4.79 Å². The third-order valence-electron chi connectivity index (χ3n) is 4.78. The minimum atomic E-state index is -0.245. The lowest BCUT2D eigenvalue weighted by atomic mass is 10.2. The molecule has 2 aromatic carbocycles. The molecule has 1 fully saturated rings. The van der Waals surface area contributed by atoms with Gasteiger partial charge >= 0.3 is 0 Å². The summed E-state index contributed by atoms with van der Waals surface area (Å²) < 4.78 is 0. The number of carbonyl (C=O) groups is 1. The van der Waals surface area contributed by atoms with Gasteiger partial charge in [-0.15, -0.1) is 0 Å². The predicted molar refractivity (Wildman–Crippen MR) is 105 cm³/mol. The first-order valence-electron chi connectivity index (χ1n) is 9.18. The highest BCUT2D eigenvalue weighted by Gasteiger charge is 2.12. The summed E-state index contributed by atoms with van der Waals surface area (Å²) in [5.74, 6) is -0.245. The number of benzene rings is 2. The molecule has 2 heterocycles. The van der Waals surface area contributed by atoms with Crippen LogP contribution in [0.1, 0.15) is 36.2 Å². The summed E-state index contributed by atoms with van der Waals surface area (Å²) in [5, 5.41) is 2.91. The zero-order valence-electron chi connectivity index (χ0n) is 14.7. The van der Waals surface area contributed by atoms with E-state index in [-0.39, 0.29) is 5.91 Å². The third kappa shape index (κ3) is 3.67. The molecule has 1 aliphatic heterocycles. The normalized spacial score (nSPS) is 14.8. The Balaban J connectivity index is 1.46. The molecule has 0 aliphatic carbocycles. The maximum Gasteiger partial charge on any atom is 0.275 e. The van der Waals surface area contributed by atoms with E-state index in [1.807, 2.05) is 36.4 Å². The Bertz CT molecular complexity index is 899. The van der Waals surface area contributed by atoms with Crippen molar-refractivity contribution in [1.29, 1.82) is 0 Å². The number of amides is 1. The Hall–Kier alpha value is -2.95. The van der Waals surface area contributed by atoms with Gasteiger partial charge in [-0.1, -0.05) is 25.0 Å². The smallest absolute Gasteiger partial charge is 0.275 e. The van der Waals surface area contributed by atoms with Crippen LogP contribution in [0.2, 0.25) is 0 Å². The van der Waals surface area contributed by atoms with Gasteiger partial charge in [-0.25, -0.2) is 4.98 Å². The molecule has 0 atom stereocenters. The van der Waals surface area contributed by atoms with Gasteiger partial charge in [0.2, 0.25) is 0 Å². The van der Waals surface area contributed by atoms with Crippen LogP contribution in [0, 0.1) is 0 Å². The molecule has 1 aromatic heterocycles. The van der Waals surface area contributed by atoms with E-state index >= 15 is 0 Å². The topological polar surface area (TPSA) is 58.1 Å². The molecule has 1 amide bonds. The molecule has 0 bridgehead atoms. The molecule has 1 aliphatic rings. The van der Waals surface area contributed by atoms with Crippen LogP contribution in [0.4, 0.5) is 11.4 Å². The number of hydrogen-bond acceptors (Lipinski definition) is 4. The van der Waals surface area contributed by atoms with Crippen molar-refractivity contribution in [3.8, 4) is 0 Å². The Morgan fingerprint density at radius 2 is 1.58 bits per heavy atom. The van der Waals surface area contributed by atoms with Crippen molar-refractivity contribution < 1.29 is 4.79 Å². The fourth-order valence-electron chi connectivity index (χ4n) is 3.35. The lowest BCUT2D eigenvalue weighted by molar-refractivity contribution is 0.102.